The number of pyridine rings is 1. The van der Waals surface area contributed by atoms with Gasteiger partial charge in [-0.3, -0.25) is 9.78 Å². The molecule has 0 aliphatic carbocycles. The number of piperidine rings is 1. The highest BCUT2D eigenvalue weighted by Gasteiger charge is 2.18. The molecule has 2 heterocycles. The van der Waals surface area contributed by atoms with E-state index < -0.39 is 0 Å². The van der Waals surface area contributed by atoms with E-state index in [0.717, 1.165) is 31.5 Å². The molecular formula is C13H17N3O. The summed E-state index contributed by atoms with van der Waals surface area (Å²) in [5, 5.41) is 0. The number of nitrogens with two attached hydrogens (primary N) is 1. The molecule has 0 atom stereocenters. The predicted octanol–water partition coefficient (Wildman–Crippen LogP) is 1.04. The Hall–Kier alpha value is -1.68. The van der Waals surface area contributed by atoms with E-state index in [-0.39, 0.29) is 11.9 Å². The molecule has 1 aromatic heterocycles. The van der Waals surface area contributed by atoms with Gasteiger partial charge in [-0.25, -0.2) is 0 Å². The Morgan fingerprint density at radius 1 is 1.47 bits per heavy atom. The molecule has 4 heteroatoms. The fourth-order valence-electron chi connectivity index (χ4n) is 1.87. The number of hydrogen-bond donors (Lipinski definition) is 1. The third-order valence-electron chi connectivity index (χ3n) is 2.95. The van der Waals surface area contributed by atoms with Gasteiger partial charge < -0.3 is 10.6 Å². The molecule has 1 aliphatic heterocycles. The summed E-state index contributed by atoms with van der Waals surface area (Å²) < 4.78 is 0. The van der Waals surface area contributed by atoms with Gasteiger partial charge in [0, 0.05) is 37.6 Å². The maximum atomic E-state index is 11.9. The molecule has 0 saturated carbocycles. The van der Waals surface area contributed by atoms with Crippen molar-refractivity contribution in [3.63, 3.8) is 0 Å². The Kier molecular flexibility index (Phi) is 3.88. The van der Waals surface area contributed by atoms with Crippen molar-refractivity contribution in [1.82, 2.24) is 9.88 Å². The first-order valence-electron chi connectivity index (χ1n) is 5.88. The van der Waals surface area contributed by atoms with Gasteiger partial charge in [-0.1, -0.05) is 6.07 Å². The van der Waals surface area contributed by atoms with Crippen molar-refractivity contribution >= 4 is 12.0 Å². The molecule has 0 spiro atoms. The van der Waals surface area contributed by atoms with Gasteiger partial charge in [-0.15, -0.1) is 0 Å². The minimum Gasteiger partial charge on any atom is -0.339 e. The van der Waals surface area contributed by atoms with Crippen molar-refractivity contribution in [2.45, 2.75) is 18.9 Å². The normalized spacial score (nSPS) is 17.6. The Bertz CT molecular complexity index is 394. The zero-order valence-corrected chi connectivity index (χ0v) is 9.75. The van der Waals surface area contributed by atoms with Gasteiger partial charge in [0.25, 0.3) is 0 Å². The molecule has 17 heavy (non-hydrogen) atoms. The largest absolute Gasteiger partial charge is 0.339 e. The zero-order valence-electron chi connectivity index (χ0n) is 9.75. The molecule has 1 aromatic rings. The number of amides is 1. The Labute approximate surface area is 101 Å². The van der Waals surface area contributed by atoms with Crippen molar-refractivity contribution in [3.05, 3.63) is 36.2 Å². The third kappa shape index (κ3) is 3.39. The predicted molar refractivity (Wildman–Crippen MR) is 67.1 cm³/mol. The van der Waals surface area contributed by atoms with Gasteiger partial charge >= 0.3 is 0 Å². The zero-order chi connectivity index (χ0) is 12.1. The van der Waals surface area contributed by atoms with E-state index in [2.05, 4.69) is 4.98 Å². The standard InChI is InChI=1S/C13H17N3O/c14-12-5-8-16(9-6-12)13(17)4-3-11-2-1-7-15-10-11/h1-4,7,10,12H,5-6,8-9,14H2/b4-3+. The first-order chi connectivity index (χ1) is 8.25. The van der Waals surface area contributed by atoms with E-state index in [1.807, 2.05) is 17.0 Å². The summed E-state index contributed by atoms with van der Waals surface area (Å²) in [5.74, 6) is 0.0563. The lowest BCUT2D eigenvalue weighted by atomic mass is 10.1. The topological polar surface area (TPSA) is 59.2 Å². The van der Waals surface area contributed by atoms with E-state index in [9.17, 15) is 4.79 Å². The smallest absolute Gasteiger partial charge is 0.246 e. The summed E-state index contributed by atoms with van der Waals surface area (Å²) in [4.78, 5) is 17.7. The molecule has 0 aromatic carbocycles. The molecule has 1 fully saturated rings. The van der Waals surface area contributed by atoms with Crippen LogP contribution in [0, 0.1) is 0 Å². The van der Waals surface area contributed by atoms with Crippen molar-refractivity contribution in [3.8, 4) is 0 Å². The van der Waals surface area contributed by atoms with E-state index >= 15 is 0 Å². The average Bonchev–Trinajstić information content (AvgIpc) is 2.38. The van der Waals surface area contributed by atoms with Gasteiger partial charge in [-0.05, 0) is 30.5 Å². The fourth-order valence-corrected chi connectivity index (χ4v) is 1.87. The lowest BCUT2D eigenvalue weighted by Crippen LogP contribution is -2.42. The SMILES string of the molecule is NC1CCN(C(=O)/C=C/c2cccnc2)CC1. The molecule has 90 valence electrons. The molecule has 1 amide bonds. The number of nitrogens with zero attached hydrogens (tertiary/aromatic N) is 2. The summed E-state index contributed by atoms with van der Waals surface area (Å²) >= 11 is 0. The van der Waals surface area contributed by atoms with Crippen LogP contribution in [0.3, 0.4) is 0 Å². The van der Waals surface area contributed by atoms with Crippen LogP contribution in [0.15, 0.2) is 30.6 Å². The van der Waals surface area contributed by atoms with E-state index in [0.29, 0.717) is 0 Å². The number of rotatable bonds is 2. The second-order valence-electron chi connectivity index (χ2n) is 4.28. The third-order valence-corrected chi connectivity index (χ3v) is 2.95. The van der Waals surface area contributed by atoms with Crippen LogP contribution in [0.2, 0.25) is 0 Å². The van der Waals surface area contributed by atoms with Crippen LogP contribution in [0.1, 0.15) is 18.4 Å². The highest BCUT2D eigenvalue weighted by molar-refractivity contribution is 5.91. The van der Waals surface area contributed by atoms with Gasteiger partial charge in [0.2, 0.25) is 5.91 Å². The van der Waals surface area contributed by atoms with Crippen LogP contribution in [-0.2, 0) is 4.79 Å². The lowest BCUT2D eigenvalue weighted by Gasteiger charge is -2.29. The van der Waals surface area contributed by atoms with Gasteiger partial charge in [-0.2, -0.15) is 0 Å². The molecular weight excluding hydrogens is 214 g/mol. The summed E-state index contributed by atoms with van der Waals surface area (Å²) in [5.41, 5.74) is 6.74. The Morgan fingerprint density at radius 3 is 2.88 bits per heavy atom. The summed E-state index contributed by atoms with van der Waals surface area (Å²) in [6.45, 7) is 1.52. The minimum absolute atomic E-state index is 0.0563. The quantitative estimate of drug-likeness (QED) is 0.774. The minimum atomic E-state index is 0.0563. The molecule has 2 N–H and O–H groups in total. The van der Waals surface area contributed by atoms with Crippen LogP contribution in [0.25, 0.3) is 6.08 Å². The average molecular weight is 231 g/mol. The molecule has 0 bridgehead atoms. The summed E-state index contributed by atoms with van der Waals surface area (Å²) in [6, 6.07) is 4.02. The van der Waals surface area contributed by atoms with Crippen LogP contribution in [0.5, 0.6) is 0 Å². The van der Waals surface area contributed by atoms with Crippen LogP contribution < -0.4 is 5.73 Å². The number of likely N-dealkylation sites (tertiary alicyclic amines) is 1. The second kappa shape index (κ2) is 5.59. The maximum absolute atomic E-state index is 11.9. The van der Waals surface area contributed by atoms with Crippen molar-refractivity contribution in [1.29, 1.82) is 0 Å². The molecule has 1 aliphatic rings. The number of hydrogen-bond acceptors (Lipinski definition) is 3. The maximum Gasteiger partial charge on any atom is 0.246 e. The number of carbonyl (C=O) groups excluding carboxylic acids is 1. The highest BCUT2D eigenvalue weighted by Crippen LogP contribution is 2.09. The van der Waals surface area contributed by atoms with E-state index in [1.54, 1.807) is 24.5 Å². The first kappa shape index (κ1) is 11.8. The second-order valence-corrected chi connectivity index (χ2v) is 4.28. The molecule has 0 unspecified atom stereocenters. The Balaban J connectivity index is 1.91. The fraction of sp³-hybridized carbons (Fsp3) is 0.385. The molecule has 2 rings (SSSR count). The van der Waals surface area contributed by atoms with Gasteiger partial charge in [0.05, 0.1) is 0 Å². The van der Waals surface area contributed by atoms with Crippen molar-refractivity contribution in [2.75, 3.05) is 13.1 Å². The first-order valence-corrected chi connectivity index (χ1v) is 5.88. The van der Waals surface area contributed by atoms with Crippen molar-refractivity contribution in [2.24, 2.45) is 5.73 Å². The number of aromatic nitrogens is 1. The van der Waals surface area contributed by atoms with Gasteiger partial charge in [0.15, 0.2) is 0 Å². The van der Waals surface area contributed by atoms with Crippen LogP contribution >= 0.6 is 0 Å². The Morgan fingerprint density at radius 2 is 2.24 bits per heavy atom. The van der Waals surface area contributed by atoms with E-state index in [4.69, 9.17) is 5.73 Å². The molecule has 1 saturated heterocycles. The van der Waals surface area contributed by atoms with Crippen LogP contribution in [-0.4, -0.2) is 34.9 Å². The highest BCUT2D eigenvalue weighted by atomic mass is 16.2. The molecule has 4 nitrogen and oxygen atoms in total. The van der Waals surface area contributed by atoms with Crippen molar-refractivity contribution < 1.29 is 4.79 Å². The summed E-state index contributed by atoms with van der Waals surface area (Å²) in [6.07, 6.45) is 8.64. The lowest BCUT2D eigenvalue weighted by molar-refractivity contribution is -0.126. The monoisotopic (exact) mass is 231 g/mol. The van der Waals surface area contributed by atoms with Crippen LogP contribution in [0.4, 0.5) is 0 Å². The summed E-state index contributed by atoms with van der Waals surface area (Å²) in [7, 11) is 0. The molecule has 0 radical (unpaired) electrons. The van der Waals surface area contributed by atoms with E-state index in [1.165, 1.54) is 0 Å². The number of carbonyl (C=O) groups is 1. The van der Waals surface area contributed by atoms with Gasteiger partial charge in [0.1, 0.15) is 0 Å².